The highest BCUT2D eigenvalue weighted by Gasteiger charge is 2.15. The first-order chi connectivity index (χ1) is 9.69. The van der Waals surface area contributed by atoms with Gasteiger partial charge in [-0.1, -0.05) is 11.6 Å². The first-order valence-electron chi connectivity index (χ1n) is 7.03. The molecule has 0 aliphatic carbocycles. The molecule has 1 heterocycles. The molecule has 0 bridgehead atoms. The Morgan fingerprint density at radius 1 is 1.45 bits per heavy atom. The smallest absolute Gasteiger partial charge is 0.224 e. The molecule has 1 aromatic carbocycles. The average molecular weight is 297 g/mol. The fourth-order valence-electron chi connectivity index (χ4n) is 2.45. The Hall–Kier alpha value is -1.26. The van der Waals surface area contributed by atoms with E-state index >= 15 is 0 Å². The van der Waals surface area contributed by atoms with Crippen molar-refractivity contribution in [2.75, 3.05) is 25.5 Å². The number of halogens is 1. The van der Waals surface area contributed by atoms with Crippen LogP contribution in [-0.2, 0) is 4.79 Å². The minimum Gasteiger partial charge on any atom is -0.497 e. The van der Waals surface area contributed by atoms with Crippen molar-refractivity contribution < 1.29 is 9.53 Å². The van der Waals surface area contributed by atoms with Crippen molar-refractivity contribution in [2.45, 2.75) is 25.7 Å². The summed E-state index contributed by atoms with van der Waals surface area (Å²) in [6.45, 7) is 2.13. The van der Waals surface area contributed by atoms with Crippen LogP contribution >= 0.6 is 11.6 Å². The van der Waals surface area contributed by atoms with Gasteiger partial charge in [-0.2, -0.15) is 0 Å². The summed E-state index contributed by atoms with van der Waals surface area (Å²) in [6.07, 6.45) is 3.80. The largest absolute Gasteiger partial charge is 0.497 e. The molecule has 20 heavy (non-hydrogen) atoms. The van der Waals surface area contributed by atoms with Crippen molar-refractivity contribution >= 4 is 23.2 Å². The summed E-state index contributed by atoms with van der Waals surface area (Å²) in [5.74, 6) is 1.35. The Labute approximate surface area is 124 Å². The third-order valence-corrected chi connectivity index (χ3v) is 4.02. The molecular formula is C15H21ClN2O2. The second-order valence-electron chi connectivity index (χ2n) is 5.13. The second kappa shape index (κ2) is 7.50. The number of hydrogen-bond acceptors (Lipinski definition) is 3. The van der Waals surface area contributed by atoms with E-state index < -0.39 is 0 Å². The highest BCUT2D eigenvalue weighted by Crippen LogP contribution is 2.27. The molecule has 0 atom stereocenters. The van der Waals surface area contributed by atoms with Crippen LogP contribution in [0.2, 0.25) is 5.02 Å². The van der Waals surface area contributed by atoms with E-state index in [-0.39, 0.29) is 5.91 Å². The van der Waals surface area contributed by atoms with Crippen LogP contribution < -0.4 is 15.4 Å². The van der Waals surface area contributed by atoms with Gasteiger partial charge in [0.25, 0.3) is 0 Å². The lowest BCUT2D eigenvalue weighted by molar-refractivity contribution is -0.116. The van der Waals surface area contributed by atoms with Gasteiger partial charge in [0.05, 0.1) is 17.8 Å². The van der Waals surface area contributed by atoms with Crippen molar-refractivity contribution in [2.24, 2.45) is 5.92 Å². The number of carbonyl (C=O) groups is 1. The molecule has 1 aliphatic rings. The fourth-order valence-corrected chi connectivity index (χ4v) is 2.61. The van der Waals surface area contributed by atoms with Crippen molar-refractivity contribution in [1.82, 2.24) is 5.32 Å². The number of ether oxygens (including phenoxy) is 1. The predicted octanol–water partition coefficient (Wildman–Crippen LogP) is 3.07. The zero-order chi connectivity index (χ0) is 14.4. The maximum atomic E-state index is 12.0. The molecule has 0 spiro atoms. The third kappa shape index (κ3) is 4.39. The van der Waals surface area contributed by atoms with Crippen LogP contribution in [-0.4, -0.2) is 26.1 Å². The van der Waals surface area contributed by atoms with Crippen molar-refractivity contribution in [1.29, 1.82) is 0 Å². The third-order valence-electron chi connectivity index (χ3n) is 3.69. The SMILES string of the molecule is COc1ccc(Cl)c(NC(=O)CCC2CCNCC2)c1. The molecular weight excluding hydrogens is 276 g/mol. The van der Waals surface area contributed by atoms with Crippen molar-refractivity contribution in [3.8, 4) is 5.75 Å². The zero-order valence-electron chi connectivity index (χ0n) is 11.7. The van der Waals surface area contributed by atoms with Crippen LogP contribution in [0.4, 0.5) is 5.69 Å². The minimum atomic E-state index is 0.0127. The lowest BCUT2D eigenvalue weighted by atomic mass is 9.93. The second-order valence-corrected chi connectivity index (χ2v) is 5.53. The van der Waals surface area contributed by atoms with Gasteiger partial charge in [-0.25, -0.2) is 0 Å². The zero-order valence-corrected chi connectivity index (χ0v) is 12.5. The Bertz CT molecular complexity index is 459. The first-order valence-corrected chi connectivity index (χ1v) is 7.41. The molecule has 1 aromatic rings. The minimum absolute atomic E-state index is 0.0127. The van der Waals surface area contributed by atoms with Crippen LogP contribution in [0.3, 0.4) is 0 Å². The Balaban J connectivity index is 1.84. The van der Waals surface area contributed by atoms with Crippen molar-refractivity contribution in [3.63, 3.8) is 0 Å². The van der Waals surface area contributed by atoms with E-state index in [0.717, 1.165) is 32.4 Å². The molecule has 1 saturated heterocycles. The maximum absolute atomic E-state index is 12.0. The predicted molar refractivity (Wildman–Crippen MR) is 81.5 cm³/mol. The first kappa shape index (κ1) is 15.1. The standard InChI is InChI=1S/C15H21ClN2O2/c1-20-12-3-4-13(16)14(10-12)18-15(19)5-2-11-6-8-17-9-7-11/h3-4,10-11,17H,2,5-9H2,1H3,(H,18,19). The molecule has 4 nitrogen and oxygen atoms in total. The molecule has 5 heteroatoms. The molecule has 0 saturated carbocycles. The molecule has 0 radical (unpaired) electrons. The van der Waals surface area contributed by atoms with Gasteiger partial charge >= 0.3 is 0 Å². The highest BCUT2D eigenvalue weighted by atomic mass is 35.5. The van der Waals surface area contributed by atoms with Gasteiger partial charge in [-0.05, 0) is 50.4 Å². The monoisotopic (exact) mass is 296 g/mol. The number of anilines is 1. The van der Waals surface area contributed by atoms with Gasteiger partial charge in [0.2, 0.25) is 5.91 Å². The van der Waals surface area contributed by atoms with Gasteiger partial charge in [-0.3, -0.25) is 4.79 Å². The Morgan fingerprint density at radius 3 is 2.90 bits per heavy atom. The molecule has 110 valence electrons. The number of amides is 1. The number of hydrogen-bond donors (Lipinski definition) is 2. The fraction of sp³-hybridized carbons (Fsp3) is 0.533. The lowest BCUT2D eigenvalue weighted by Gasteiger charge is -2.22. The number of piperidine rings is 1. The average Bonchev–Trinajstić information content (AvgIpc) is 2.48. The normalized spacial score (nSPS) is 15.9. The van der Waals surface area contributed by atoms with Crippen LogP contribution in [0.25, 0.3) is 0 Å². The Morgan fingerprint density at radius 2 is 2.20 bits per heavy atom. The number of carbonyl (C=O) groups excluding carboxylic acids is 1. The number of rotatable bonds is 5. The van der Waals surface area contributed by atoms with Crippen LogP contribution in [0, 0.1) is 5.92 Å². The van der Waals surface area contributed by atoms with Crippen LogP contribution in [0.1, 0.15) is 25.7 Å². The molecule has 2 N–H and O–H groups in total. The summed E-state index contributed by atoms with van der Waals surface area (Å²) >= 11 is 6.07. The number of nitrogens with one attached hydrogen (secondary N) is 2. The summed E-state index contributed by atoms with van der Waals surface area (Å²) < 4.78 is 5.13. The van der Waals surface area contributed by atoms with E-state index in [1.807, 2.05) is 0 Å². The van der Waals surface area contributed by atoms with Gasteiger partial charge in [0, 0.05) is 12.5 Å². The van der Waals surface area contributed by atoms with Gasteiger partial charge < -0.3 is 15.4 Å². The maximum Gasteiger partial charge on any atom is 0.224 e. The van der Waals surface area contributed by atoms with Crippen LogP contribution in [0.15, 0.2) is 18.2 Å². The number of methoxy groups -OCH3 is 1. The van der Waals surface area contributed by atoms with E-state index in [1.54, 1.807) is 25.3 Å². The number of benzene rings is 1. The topological polar surface area (TPSA) is 50.4 Å². The molecule has 0 unspecified atom stereocenters. The summed E-state index contributed by atoms with van der Waals surface area (Å²) in [7, 11) is 1.59. The molecule has 1 aliphatic heterocycles. The van der Waals surface area contributed by atoms with Crippen LogP contribution in [0.5, 0.6) is 5.75 Å². The summed E-state index contributed by atoms with van der Waals surface area (Å²) in [5.41, 5.74) is 0.612. The van der Waals surface area contributed by atoms with Crippen molar-refractivity contribution in [3.05, 3.63) is 23.2 Å². The van der Waals surface area contributed by atoms with Gasteiger partial charge in [-0.15, -0.1) is 0 Å². The lowest BCUT2D eigenvalue weighted by Crippen LogP contribution is -2.28. The molecule has 1 amide bonds. The summed E-state index contributed by atoms with van der Waals surface area (Å²) in [5, 5.41) is 6.72. The van der Waals surface area contributed by atoms with E-state index in [9.17, 15) is 4.79 Å². The molecule has 2 rings (SSSR count). The molecule has 1 fully saturated rings. The van der Waals surface area contributed by atoms with E-state index in [1.165, 1.54) is 0 Å². The highest BCUT2D eigenvalue weighted by molar-refractivity contribution is 6.33. The summed E-state index contributed by atoms with van der Waals surface area (Å²) in [4.78, 5) is 12.0. The van der Waals surface area contributed by atoms with E-state index in [4.69, 9.17) is 16.3 Å². The van der Waals surface area contributed by atoms with Gasteiger partial charge in [0.1, 0.15) is 5.75 Å². The van der Waals surface area contributed by atoms with Gasteiger partial charge in [0.15, 0.2) is 0 Å². The Kier molecular flexibility index (Phi) is 5.68. The van der Waals surface area contributed by atoms with E-state index in [0.29, 0.717) is 28.8 Å². The van der Waals surface area contributed by atoms with E-state index in [2.05, 4.69) is 10.6 Å². The summed E-state index contributed by atoms with van der Waals surface area (Å²) in [6, 6.07) is 5.24. The quantitative estimate of drug-likeness (QED) is 0.878. The molecule has 0 aromatic heterocycles.